The molecule has 1 fully saturated rings. The van der Waals surface area contributed by atoms with E-state index in [1.54, 1.807) is 36.4 Å². The number of benzene rings is 4. The summed E-state index contributed by atoms with van der Waals surface area (Å²) in [6.45, 7) is 2.58. The fourth-order valence-corrected chi connectivity index (χ4v) is 5.21. The van der Waals surface area contributed by atoms with Crippen LogP contribution in [0.4, 0.5) is 10.5 Å². The van der Waals surface area contributed by atoms with Crippen LogP contribution in [0.25, 0.3) is 16.8 Å². The van der Waals surface area contributed by atoms with Crippen molar-refractivity contribution in [1.29, 1.82) is 0 Å². The summed E-state index contributed by atoms with van der Waals surface area (Å²) in [7, 11) is 1.52. The molecule has 0 radical (unpaired) electrons. The van der Waals surface area contributed by atoms with E-state index < -0.39 is 17.8 Å². The lowest BCUT2D eigenvalue weighted by Gasteiger charge is -2.26. The standard InChI is InChI=1S/C31H25IN2O6/c1-3-39-27-17-19(16-26(32)28(27)40-18-21-9-6-8-20-7-4-5-10-24(20)21)15-25-29(35)33-31(37)34(30(25)36)22-11-13-23(38-2)14-12-22/h4-17H,3,18H2,1-2H3,(H,33,35,37)/b25-15+. The molecule has 1 N–H and O–H groups in total. The van der Waals surface area contributed by atoms with Crippen LogP contribution in [0.5, 0.6) is 17.2 Å². The van der Waals surface area contributed by atoms with Gasteiger partial charge in [0, 0.05) is 0 Å². The summed E-state index contributed by atoms with van der Waals surface area (Å²) in [5, 5.41) is 4.48. The summed E-state index contributed by atoms with van der Waals surface area (Å²) in [6, 6.07) is 23.3. The lowest BCUT2D eigenvalue weighted by atomic mass is 10.1. The molecule has 0 spiro atoms. The Balaban J connectivity index is 1.45. The smallest absolute Gasteiger partial charge is 0.335 e. The third-order valence-corrected chi connectivity index (χ3v) is 7.13. The number of hydrogen-bond donors (Lipinski definition) is 1. The third-order valence-electron chi connectivity index (χ3n) is 6.33. The summed E-state index contributed by atoms with van der Waals surface area (Å²) in [4.78, 5) is 39.5. The number of methoxy groups -OCH3 is 1. The number of amides is 4. The van der Waals surface area contributed by atoms with Gasteiger partial charge in [0.15, 0.2) is 11.5 Å². The van der Waals surface area contributed by atoms with Crippen LogP contribution in [-0.4, -0.2) is 31.6 Å². The molecule has 0 saturated carbocycles. The van der Waals surface area contributed by atoms with E-state index in [0.717, 1.165) is 24.8 Å². The lowest BCUT2D eigenvalue weighted by Crippen LogP contribution is -2.54. The molecule has 0 unspecified atom stereocenters. The highest BCUT2D eigenvalue weighted by Crippen LogP contribution is 2.36. The first-order valence-electron chi connectivity index (χ1n) is 12.5. The maximum absolute atomic E-state index is 13.3. The average molecular weight is 648 g/mol. The molecule has 8 nitrogen and oxygen atoms in total. The minimum absolute atomic E-state index is 0.182. The molecule has 0 aromatic heterocycles. The van der Waals surface area contributed by atoms with Crippen molar-refractivity contribution in [2.24, 2.45) is 0 Å². The molecular formula is C31H25IN2O6. The van der Waals surface area contributed by atoms with Gasteiger partial charge in [0.1, 0.15) is 17.9 Å². The predicted octanol–water partition coefficient (Wildman–Crippen LogP) is 6.10. The minimum Gasteiger partial charge on any atom is -0.497 e. The van der Waals surface area contributed by atoms with Gasteiger partial charge in [-0.15, -0.1) is 0 Å². The monoisotopic (exact) mass is 648 g/mol. The molecule has 5 rings (SSSR count). The summed E-state index contributed by atoms with van der Waals surface area (Å²) in [6.07, 6.45) is 1.44. The van der Waals surface area contributed by atoms with Gasteiger partial charge >= 0.3 is 6.03 Å². The van der Waals surface area contributed by atoms with Crippen molar-refractivity contribution in [3.63, 3.8) is 0 Å². The SMILES string of the molecule is CCOc1cc(/C=C2\C(=O)NC(=O)N(c3ccc(OC)cc3)C2=O)cc(I)c1OCc1cccc2ccccc12. The molecule has 1 aliphatic heterocycles. The fraction of sp³-hybridized carbons (Fsp3) is 0.129. The van der Waals surface area contributed by atoms with Gasteiger partial charge in [-0.1, -0.05) is 42.5 Å². The van der Waals surface area contributed by atoms with E-state index in [4.69, 9.17) is 14.2 Å². The molecule has 40 heavy (non-hydrogen) atoms. The number of hydrogen-bond acceptors (Lipinski definition) is 6. The number of halogens is 1. The van der Waals surface area contributed by atoms with E-state index >= 15 is 0 Å². The molecule has 0 atom stereocenters. The highest BCUT2D eigenvalue weighted by molar-refractivity contribution is 14.1. The van der Waals surface area contributed by atoms with Crippen LogP contribution >= 0.6 is 22.6 Å². The zero-order chi connectivity index (χ0) is 28.2. The number of carbonyl (C=O) groups is 3. The van der Waals surface area contributed by atoms with Crippen LogP contribution in [0.3, 0.4) is 0 Å². The number of ether oxygens (including phenoxy) is 3. The number of anilines is 1. The first-order chi connectivity index (χ1) is 19.4. The molecule has 4 aromatic rings. The van der Waals surface area contributed by atoms with E-state index in [9.17, 15) is 14.4 Å². The Bertz CT molecular complexity index is 1640. The molecule has 4 aromatic carbocycles. The second-order valence-electron chi connectivity index (χ2n) is 8.85. The number of nitrogens with one attached hydrogen (secondary N) is 1. The van der Waals surface area contributed by atoms with Crippen molar-refractivity contribution in [3.05, 3.63) is 99.1 Å². The van der Waals surface area contributed by atoms with Crippen LogP contribution in [0.2, 0.25) is 0 Å². The van der Waals surface area contributed by atoms with Crippen molar-refractivity contribution in [3.8, 4) is 17.2 Å². The molecule has 4 amide bonds. The maximum Gasteiger partial charge on any atom is 0.335 e. The van der Waals surface area contributed by atoms with Gasteiger partial charge in [-0.05, 0) is 93.9 Å². The van der Waals surface area contributed by atoms with Crippen molar-refractivity contribution in [1.82, 2.24) is 5.32 Å². The Hall–Kier alpha value is -4.38. The van der Waals surface area contributed by atoms with E-state index in [0.29, 0.717) is 41.7 Å². The Kier molecular flexibility index (Phi) is 8.01. The molecule has 0 bridgehead atoms. The molecule has 1 aliphatic rings. The third kappa shape index (κ3) is 5.50. The number of urea groups is 1. The highest BCUT2D eigenvalue weighted by atomic mass is 127. The summed E-state index contributed by atoms with van der Waals surface area (Å²) in [5.41, 5.74) is 1.71. The van der Waals surface area contributed by atoms with Crippen LogP contribution in [0, 0.1) is 3.57 Å². The van der Waals surface area contributed by atoms with Gasteiger partial charge in [-0.2, -0.15) is 0 Å². The molecule has 1 heterocycles. The van der Waals surface area contributed by atoms with Crippen LogP contribution < -0.4 is 24.4 Å². The molecule has 1 saturated heterocycles. The fourth-order valence-electron chi connectivity index (χ4n) is 4.43. The van der Waals surface area contributed by atoms with Crippen molar-refractivity contribution in [2.45, 2.75) is 13.5 Å². The quantitative estimate of drug-likeness (QED) is 0.141. The minimum atomic E-state index is -0.820. The highest BCUT2D eigenvalue weighted by Gasteiger charge is 2.37. The zero-order valence-corrected chi connectivity index (χ0v) is 23.9. The normalized spacial score (nSPS) is 14.4. The van der Waals surface area contributed by atoms with Gasteiger partial charge < -0.3 is 14.2 Å². The van der Waals surface area contributed by atoms with Gasteiger partial charge in [0.05, 0.1) is 23.0 Å². The molecule has 202 valence electrons. The van der Waals surface area contributed by atoms with Gasteiger partial charge in [-0.25, -0.2) is 9.69 Å². The zero-order valence-electron chi connectivity index (χ0n) is 21.8. The van der Waals surface area contributed by atoms with E-state index in [2.05, 4.69) is 46.1 Å². The number of fused-ring (bicyclic) bond motifs is 1. The van der Waals surface area contributed by atoms with E-state index in [1.807, 2.05) is 31.2 Å². The number of rotatable bonds is 8. The molecule has 9 heteroatoms. The number of imide groups is 2. The van der Waals surface area contributed by atoms with Gasteiger partial charge in [0.25, 0.3) is 11.8 Å². The van der Waals surface area contributed by atoms with Crippen LogP contribution in [0.1, 0.15) is 18.1 Å². The average Bonchev–Trinajstić information content (AvgIpc) is 2.95. The van der Waals surface area contributed by atoms with Crippen molar-refractivity contribution in [2.75, 3.05) is 18.6 Å². The Morgan fingerprint density at radius 1 is 0.925 bits per heavy atom. The Morgan fingerprint density at radius 3 is 2.42 bits per heavy atom. The topological polar surface area (TPSA) is 94.2 Å². The number of nitrogens with zero attached hydrogens (tertiary/aromatic N) is 1. The summed E-state index contributed by atoms with van der Waals surface area (Å²) >= 11 is 2.14. The van der Waals surface area contributed by atoms with Crippen LogP contribution in [0.15, 0.2) is 84.4 Å². The molecular weight excluding hydrogens is 623 g/mol. The first kappa shape index (κ1) is 27.2. The number of barbiturate groups is 1. The number of carbonyl (C=O) groups excluding carboxylic acids is 3. The lowest BCUT2D eigenvalue weighted by molar-refractivity contribution is -0.122. The van der Waals surface area contributed by atoms with Gasteiger partial charge in [0.2, 0.25) is 0 Å². The largest absolute Gasteiger partial charge is 0.497 e. The van der Waals surface area contributed by atoms with Crippen molar-refractivity contribution >= 4 is 63.0 Å². The maximum atomic E-state index is 13.3. The summed E-state index contributed by atoms with van der Waals surface area (Å²) in [5.74, 6) is 0.105. The van der Waals surface area contributed by atoms with Gasteiger partial charge in [-0.3, -0.25) is 14.9 Å². The van der Waals surface area contributed by atoms with E-state index in [-0.39, 0.29) is 5.57 Å². The Labute approximate surface area is 244 Å². The Morgan fingerprint density at radius 2 is 1.68 bits per heavy atom. The first-order valence-corrected chi connectivity index (χ1v) is 13.6. The molecule has 0 aliphatic carbocycles. The van der Waals surface area contributed by atoms with E-state index in [1.165, 1.54) is 13.2 Å². The predicted molar refractivity (Wildman–Crippen MR) is 161 cm³/mol. The second-order valence-corrected chi connectivity index (χ2v) is 10.0. The van der Waals surface area contributed by atoms with Crippen molar-refractivity contribution < 1.29 is 28.6 Å². The second kappa shape index (κ2) is 11.8. The summed E-state index contributed by atoms with van der Waals surface area (Å²) < 4.78 is 18.0. The van der Waals surface area contributed by atoms with Crippen LogP contribution in [-0.2, 0) is 16.2 Å².